The summed E-state index contributed by atoms with van der Waals surface area (Å²) < 4.78 is 0. The minimum Gasteiger partial charge on any atom is -0.357 e. The summed E-state index contributed by atoms with van der Waals surface area (Å²) in [5, 5.41) is 1.27. The van der Waals surface area contributed by atoms with Gasteiger partial charge in [0.2, 0.25) is 5.91 Å². The molecule has 2 aromatic carbocycles. The van der Waals surface area contributed by atoms with Gasteiger partial charge < -0.3 is 4.98 Å². The molecule has 0 spiro atoms. The van der Waals surface area contributed by atoms with Crippen molar-refractivity contribution < 1.29 is 9.59 Å². The van der Waals surface area contributed by atoms with Crippen LogP contribution in [0.3, 0.4) is 0 Å². The molecule has 3 heterocycles. The predicted molar refractivity (Wildman–Crippen MR) is 104 cm³/mol. The van der Waals surface area contributed by atoms with E-state index < -0.39 is 0 Å². The summed E-state index contributed by atoms with van der Waals surface area (Å²) in [4.78, 5) is 32.6. The highest BCUT2D eigenvalue weighted by Crippen LogP contribution is 2.32. The summed E-state index contributed by atoms with van der Waals surface area (Å²) in [6.45, 7) is 3.46. The first-order valence-electron chi connectivity index (χ1n) is 9.38. The fourth-order valence-corrected chi connectivity index (χ4v) is 4.35. The van der Waals surface area contributed by atoms with Crippen LogP contribution in [0.25, 0.3) is 10.9 Å². The zero-order valence-corrected chi connectivity index (χ0v) is 15.2. The molecule has 0 aliphatic carbocycles. The van der Waals surface area contributed by atoms with Gasteiger partial charge in [0.05, 0.1) is 18.2 Å². The van der Waals surface area contributed by atoms with Crippen molar-refractivity contribution in [2.24, 2.45) is 0 Å². The first-order valence-corrected chi connectivity index (χ1v) is 9.38. The molecule has 136 valence electrons. The fourth-order valence-electron chi connectivity index (χ4n) is 4.35. The predicted octanol–water partition coefficient (Wildman–Crippen LogP) is 3.17. The summed E-state index contributed by atoms with van der Waals surface area (Å²) in [7, 11) is 0. The number of nitrogens with one attached hydrogen (secondary N) is 1. The number of hydrogen-bond acceptors (Lipinski definition) is 3. The average Bonchev–Trinajstić information content (AvgIpc) is 3.19. The molecule has 2 aliphatic rings. The van der Waals surface area contributed by atoms with Gasteiger partial charge in [-0.15, -0.1) is 0 Å². The third kappa shape index (κ3) is 2.58. The number of para-hydroxylation sites is 1. The Balaban J connectivity index is 1.41. The fraction of sp³-hybridized carbons (Fsp3) is 0.273. The number of carbonyl (C=O) groups excluding carboxylic acids is 2. The van der Waals surface area contributed by atoms with E-state index in [9.17, 15) is 9.59 Å². The van der Waals surface area contributed by atoms with E-state index in [1.54, 1.807) is 0 Å². The van der Waals surface area contributed by atoms with Crippen LogP contribution in [0.4, 0.5) is 5.69 Å². The maximum absolute atomic E-state index is 13.0. The van der Waals surface area contributed by atoms with Crippen LogP contribution < -0.4 is 4.90 Å². The van der Waals surface area contributed by atoms with Crippen LogP contribution in [0.1, 0.15) is 23.2 Å². The second kappa shape index (κ2) is 6.06. The molecule has 1 aromatic heterocycles. The minimum absolute atomic E-state index is 0.108. The molecule has 0 saturated carbocycles. The lowest BCUT2D eigenvalue weighted by molar-refractivity contribution is -0.123. The van der Waals surface area contributed by atoms with Crippen molar-refractivity contribution in [1.82, 2.24) is 9.88 Å². The van der Waals surface area contributed by atoms with E-state index in [4.69, 9.17) is 0 Å². The number of nitrogens with zero attached hydrogens (tertiary/aromatic N) is 2. The Kier molecular flexibility index (Phi) is 3.65. The summed E-state index contributed by atoms with van der Waals surface area (Å²) >= 11 is 0. The molecule has 1 fully saturated rings. The Morgan fingerprint density at radius 3 is 2.63 bits per heavy atom. The first-order chi connectivity index (χ1) is 13.1. The lowest BCUT2D eigenvalue weighted by Crippen LogP contribution is -2.44. The van der Waals surface area contributed by atoms with Crippen molar-refractivity contribution in [3.8, 4) is 0 Å². The molecule has 3 aromatic rings. The highest BCUT2D eigenvalue weighted by molar-refractivity contribution is 6.22. The number of benzene rings is 2. The van der Waals surface area contributed by atoms with Crippen LogP contribution in [-0.2, 0) is 22.6 Å². The monoisotopic (exact) mass is 359 g/mol. The molecular weight excluding hydrogens is 338 g/mol. The van der Waals surface area contributed by atoms with E-state index in [2.05, 4.69) is 28.1 Å². The van der Waals surface area contributed by atoms with Gasteiger partial charge in [0.1, 0.15) is 0 Å². The molecule has 1 N–H and O–H groups in total. The number of hydrogen-bond donors (Lipinski definition) is 1. The summed E-state index contributed by atoms with van der Waals surface area (Å²) in [5.41, 5.74) is 5.42. The molecule has 2 amide bonds. The van der Waals surface area contributed by atoms with Gasteiger partial charge in [0.15, 0.2) is 0 Å². The number of carbonyl (C=O) groups is 2. The molecule has 5 heteroatoms. The van der Waals surface area contributed by atoms with Gasteiger partial charge in [0, 0.05) is 29.7 Å². The van der Waals surface area contributed by atoms with Gasteiger partial charge >= 0.3 is 0 Å². The quantitative estimate of drug-likeness (QED) is 0.715. The van der Waals surface area contributed by atoms with Crippen LogP contribution in [0.5, 0.6) is 0 Å². The minimum atomic E-state index is -0.377. The topological polar surface area (TPSA) is 56.4 Å². The first kappa shape index (κ1) is 16.3. The molecule has 0 radical (unpaired) electrons. The number of aromatic amines is 1. The number of amides is 2. The highest BCUT2D eigenvalue weighted by atomic mass is 16.2. The third-order valence-electron chi connectivity index (χ3n) is 5.77. The van der Waals surface area contributed by atoms with Crippen molar-refractivity contribution in [2.45, 2.75) is 32.4 Å². The van der Waals surface area contributed by atoms with Crippen LogP contribution in [0.2, 0.25) is 0 Å². The van der Waals surface area contributed by atoms with Gasteiger partial charge in [-0.1, -0.05) is 35.9 Å². The van der Waals surface area contributed by atoms with Crippen molar-refractivity contribution >= 4 is 28.4 Å². The molecule has 5 rings (SSSR count). The van der Waals surface area contributed by atoms with Crippen LogP contribution in [0, 0.1) is 6.92 Å². The summed E-state index contributed by atoms with van der Waals surface area (Å²) in [5.74, 6) is -0.222. The lowest BCUT2D eigenvalue weighted by atomic mass is 10.0. The molecular formula is C22H21N3O2. The summed E-state index contributed by atoms with van der Waals surface area (Å²) in [6.07, 6.45) is 1.14. The maximum atomic E-state index is 13.0. The van der Waals surface area contributed by atoms with Crippen LogP contribution in [-0.4, -0.2) is 34.3 Å². The molecule has 1 saturated heterocycles. The standard InChI is InChI=1S/C22H21N3O2/c1-14-6-8-15(9-7-14)25-21(26)12-20(22(25)27)24-11-10-17-16-4-2-3-5-18(16)23-19(17)13-24/h2-9,20,23H,10-13H2,1H3. The average molecular weight is 359 g/mol. The SMILES string of the molecule is Cc1ccc(N2C(=O)CC(N3CCc4c([nH]c5ccccc45)C3)C2=O)cc1. The van der Waals surface area contributed by atoms with E-state index >= 15 is 0 Å². The smallest absolute Gasteiger partial charge is 0.251 e. The summed E-state index contributed by atoms with van der Waals surface area (Å²) in [6, 6.07) is 15.5. The molecule has 5 nitrogen and oxygen atoms in total. The number of rotatable bonds is 2. The van der Waals surface area contributed by atoms with Crippen molar-refractivity contribution in [1.29, 1.82) is 0 Å². The number of H-pyrrole nitrogens is 1. The Labute approximate surface area is 157 Å². The number of imide groups is 1. The zero-order chi connectivity index (χ0) is 18.5. The van der Waals surface area contributed by atoms with Gasteiger partial charge in [-0.05, 0) is 37.1 Å². The van der Waals surface area contributed by atoms with Gasteiger partial charge in [-0.25, -0.2) is 4.90 Å². The largest absolute Gasteiger partial charge is 0.357 e. The molecule has 1 atom stereocenters. The van der Waals surface area contributed by atoms with E-state index in [1.807, 2.05) is 37.3 Å². The maximum Gasteiger partial charge on any atom is 0.251 e. The second-order valence-electron chi connectivity index (χ2n) is 7.47. The van der Waals surface area contributed by atoms with Gasteiger partial charge in [0.25, 0.3) is 5.91 Å². The molecule has 1 unspecified atom stereocenters. The Bertz CT molecular complexity index is 1050. The number of aryl methyl sites for hydroxylation is 1. The van der Waals surface area contributed by atoms with E-state index in [-0.39, 0.29) is 24.3 Å². The Morgan fingerprint density at radius 1 is 1.04 bits per heavy atom. The molecule has 0 bridgehead atoms. The number of anilines is 1. The zero-order valence-electron chi connectivity index (χ0n) is 15.2. The van der Waals surface area contributed by atoms with Crippen molar-refractivity contribution in [3.63, 3.8) is 0 Å². The van der Waals surface area contributed by atoms with Gasteiger partial charge in [-0.3, -0.25) is 14.5 Å². The van der Waals surface area contributed by atoms with E-state index in [0.717, 1.165) is 29.7 Å². The number of fused-ring (bicyclic) bond motifs is 3. The molecule has 2 aliphatic heterocycles. The van der Waals surface area contributed by atoms with Gasteiger partial charge in [-0.2, -0.15) is 0 Å². The van der Waals surface area contributed by atoms with Crippen LogP contribution in [0.15, 0.2) is 48.5 Å². The van der Waals surface area contributed by atoms with Crippen molar-refractivity contribution in [3.05, 3.63) is 65.4 Å². The third-order valence-corrected chi connectivity index (χ3v) is 5.77. The Hall–Kier alpha value is -2.92. The van der Waals surface area contributed by atoms with E-state index in [0.29, 0.717) is 12.2 Å². The lowest BCUT2D eigenvalue weighted by Gasteiger charge is -2.30. The molecule has 27 heavy (non-hydrogen) atoms. The normalized spacial score (nSPS) is 20.5. The Morgan fingerprint density at radius 2 is 1.81 bits per heavy atom. The van der Waals surface area contributed by atoms with Crippen LogP contribution >= 0.6 is 0 Å². The highest BCUT2D eigenvalue weighted by Gasteiger charge is 2.43. The van der Waals surface area contributed by atoms with Crippen molar-refractivity contribution in [2.75, 3.05) is 11.4 Å². The van der Waals surface area contributed by atoms with E-state index in [1.165, 1.54) is 15.8 Å². The number of aromatic nitrogens is 1. The second-order valence-corrected chi connectivity index (χ2v) is 7.47.